The van der Waals surface area contributed by atoms with Crippen LogP contribution in [0.15, 0.2) is 52.1 Å². The van der Waals surface area contributed by atoms with Gasteiger partial charge >= 0.3 is 0 Å². The van der Waals surface area contributed by atoms with Crippen LogP contribution >= 0.6 is 0 Å². The third-order valence-electron chi connectivity index (χ3n) is 5.33. The van der Waals surface area contributed by atoms with E-state index in [2.05, 4.69) is 20.9 Å². The average Bonchev–Trinajstić information content (AvgIpc) is 3.36. The average molecular weight is 443 g/mol. The number of amides is 1. The van der Waals surface area contributed by atoms with Crippen LogP contribution in [0.5, 0.6) is 0 Å². The predicted octanol–water partition coefficient (Wildman–Crippen LogP) is 2.71. The maximum atomic E-state index is 12.4. The molecule has 1 amide bonds. The molecule has 8 nitrogen and oxygen atoms in total. The van der Waals surface area contributed by atoms with E-state index in [0.29, 0.717) is 24.6 Å². The van der Waals surface area contributed by atoms with Gasteiger partial charge in [-0.25, -0.2) is 0 Å². The van der Waals surface area contributed by atoms with Crippen molar-refractivity contribution in [3.8, 4) is 0 Å². The van der Waals surface area contributed by atoms with E-state index >= 15 is 0 Å². The van der Waals surface area contributed by atoms with Crippen molar-refractivity contribution < 1.29 is 18.7 Å². The summed E-state index contributed by atoms with van der Waals surface area (Å²) in [5, 5.41) is 9.45. The lowest BCUT2D eigenvalue weighted by Crippen LogP contribution is -2.37. The number of carbonyl (C=O) groups is 1. The number of nitrogens with one attached hydrogen (secondary N) is 3. The van der Waals surface area contributed by atoms with Crippen LogP contribution in [0.1, 0.15) is 40.9 Å². The van der Waals surface area contributed by atoms with Gasteiger partial charge in [-0.15, -0.1) is 0 Å². The van der Waals surface area contributed by atoms with Gasteiger partial charge in [0, 0.05) is 52.1 Å². The van der Waals surface area contributed by atoms with E-state index in [9.17, 15) is 4.79 Å². The number of hydrogen-bond acceptors (Lipinski definition) is 5. The minimum absolute atomic E-state index is 0.133. The summed E-state index contributed by atoms with van der Waals surface area (Å²) < 4.78 is 16.4. The second-order valence-corrected chi connectivity index (χ2v) is 7.80. The van der Waals surface area contributed by atoms with Crippen molar-refractivity contribution in [2.45, 2.75) is 32.4 Å². The molecule has 0 atom stereocenters. The van der Waals surface area contributed by atoms with Crippen LogP contribution in [0.4, 0.5) is 0 Å². The molecule has 0 bridgehead atoms. The fraction of sp³-hybridized carbons (Fsp3) is 0.500. The van der Waals surface area contributed by atoms with Crippen LogP contribution in [0.3, 0.4) is 0 Å². The molecule has 1 saturated heterocycles. The van der Waals surface area contributed by atoms with Gasteiger partial charge in [-0.05, 0) is 55.0 Å². The highest BCUT2D eigenvalue weighted by Gasteiger charge is 2.13. The standard InChI is InChI=1S/C24H34N4O4/c1-25-24(26-10-4-11-31-18-19-8-13-30-14-9-19)28-16-20-5-2-6-21(15-20)23(29)27-17-22-7-3-12-32-22/h2-3,5-7,12,15,19H,4,8-11,13-14,16-18H2,1H3,(H,27,29)(H2,25,26,28). The summed E-state index contributed by atoms with van der Waals surface area (Å²) in [7, 11) is 1.75. The molecular weight excluding hydrogens is 408 g/mol. The number of furan rings is 1. The number of ether oxygens (including phenoxy) is 2. The summed E-state index contributed by atoms with van der Waals surface area (Å²) in [5.41, 5.74) is 1.61. The number of aliphatic imine (C=N–C) groups is 1. The molecule has 174 valence electrons. The van der Waals surface area contributed by atoms with Crippen molar-refractivity contribution in [2.75, 3.05) is 40.0 Å². The molecule has 0 aliphatic carbocycles. The van der Waals surface area contributed by atoms with Crippen molar-refractivity contribution >= 4 is 11.9 Å². The molecule has 1 aliphatic rings. The lowest BCUT2D eigenvalue weighted by atomic mass is 10.0. The molecule has 0 spiro atoms. The van der Waals surface area contributed by atoms with Crippen molar-refractivity contribution in [1.82, 2.24) is 16.0 Å². The second kappa shape index (κ2) is 13.5. The van der Waals surface area contributed by atoms with Gasteiger partial charge in [-0.1, -0.05) is 12.1 Å². The highest BCUT2D eigenvalue weighted by atomic mass is 16.5. The maximum Gasteiger partial charge on any atom is 0.251 e. The highest BCUT2D eigenvalue weighted by Crippen LogP contribution is 2.14. The van der Waals surface area contributed by atoms with Gasteiger partial charge in [-0.2, -0.15) is 0 Å². The van der Waals surface area contributed by atoms with Crippen LogP contribution in [0.25, 0.3) is 0 Å². The normalized spacial score (nSPS) is 14.8. The third kappa shape index (κ3) is 8.36. The SMILES string of the molecule is CN=C(NCCCOCC1CCOCC1)NCc1cccc(C(=O)NCc2ccco2)c1. The maximum absolute atomic E-state index is 12.4. The molecule has 1 aliphatic heterocycles. The van der Waals surface area contributed by atoms with E-state index in [-0.39, 0.29) is 5.91 Å². The van der Waals surface area contributed by atoms with E-state index in [1.165, 1.54) is 0 Å². The number of rotatable bonds is 11. The highest BCUT2D eigenvalue weighted by molar-refractivity contribution is 5.94. The minimum atomic E-state index is -0.133. The summed E-state index contributed by atoms with van der Waals surface area (Å²) in [4.78, 5) is 16.6. The summed E-state index contributed by atoms with van der Waals surface area (Å²) in [6, 6.07) is 11.2. The molecule has 1 aromatic heterocycles. The van der Waals surface area contributed by atoms with E-state index in [1.54, 1.807) is 25.4 Å². The van der Waals surface area contributed by atoms with Crippen molar-refractivity contribution in [2.24, 2.45) is 10.9 Å². The lowest BCUT2D eigenvalue weighted by molar-refractivity contribution is 0.0203. The Hall–Kier alpha value is -2.84. The first-order valence-corrected chi connectivity index (χ1v) is 11.2. The molecule has 0 unspecified atom stereocenters. The Morgan fingerprint density at radius 2 is 2.00 bits per heavy atom. The van der Waals surface area contributed by atoms with Crippen molar-refractivity contribution in [3.63, 3.8) is 0 Å². The Bertz CT molecular complexity index is 832. The minimum Gasteiger partial charge on any atom is -0.467 e. The number of benzene rings is 1. The van der Waals surface area contributed by atoms with Gasteiger partial charge in [0.25, 0.3) is 5.91 Å². The number of guanidine groups is 1. The van der Waals surface area contributed by atoms with Crippen LogP contribution in [-0.2, 0) is 22.6 Å². The summed E-state index contributed by atoms with van der Waals surface area (Å²) in [5.74, 6) is 1.95. The van der Waals surface area contributed by atoms with Gasteiger partial charge in [0.2, 0.25) is 0 Å². The Kier molecular flexibility index (Phi) is 10.1. The molecule has 2 heterocycles. The smallest absolute Gasteiger partial charge is 0.251 e. The fourth-order valence-corrected chi connectivity index (χ4v) is 3.46. The summed E-state index contributed by atoms with van der Waals surface area (Å²) in [6.07, 6.45) is 4.70. The van der Waals surface area contributed by atoms with E-state index in [0.717, 1.165) is 69.5 Å². The largest absolute Gasteiger partial charge is 0.467 e. The fourth-order valence-electron chi connectivity index (χ4n) is 3.46. The first-order valence-electron chi connectivity index (χ1n) is 11.2. The molecule has 2 aromatic rings. The third-order valence-corrected chi connectivity index (χ3v) is 5.33. The second-order valence-electron chi connectivity index (χ2n) is 7.80. The predicted molar refractivity (Wildman–Crippen MR) is 124 cm³/mol. The first-order chi connectivity index (χ1) is 15.7. The zero-order chi connectivity index (χ0) is 22.4. The molecule has 3 rings (SSSR count). The Morgan fingerprint density at radius 3 is 2.78 bits per heavy atom. The first kappa shape index (κ1) is 23.8. The van der Waals surface area contributed by atoms with Crippen LogP contribution in [0.2, 0.25) is 0 Å². The van der Waals surface area contributed by atoms with Gasteiger partial charge in [0.1, 0.15) is 5.76 Å². The Labute approximate surface area is 189 Å². The quantitative estimate of drug-likeness (QED) is 0.281. The lowest BCUT2D eigenvalue weighted by Gasteiger charge is -2.21. The van der Waals surface area contributed by atoms with E-state index in [4.69, 9.17) is 13.9 Å². The van der Waals surface area contributed by atoms with E-state index in [1.807, 2.05) is 24.3 Å². The molecule has 32 heavy (non-hydrogen) atoms. The number of carbonyl (C=O) groups excluding carboxylic acids is 1. The molecule has 0 radical (unpaired) electrons. The molecule has 1 fully saturated rings. The van der Waals surface area contributed by atoms with E-state index < -0.39 is 0 Å². The zero-order valence-corrected chi connectivity index (χ0v) is 18.8. The Morgan fingerprint density at radius 1 is 1.12 bits per heavy atom. The Balaban J connectivity index is 1.32. The van der Waals surface area contributed by atoms with Gasteiger partial charge in [-0.3, -0.25) is 9.79 Å². The van der Waals surface area contributed by atoms with Gasteiger partial charge < -0.3 is 29.8 Å². The topological polar surface area (TPSA) is 97.1 Å². The molecule has 1 aromatic carbocycles. The van der Waals surface area contributed by atoms with Gasteiger partial charge in [0.15, 0.2) is 5.96 Å². The zero-order valence-electron chi connectivity index (χ0n) is 18.8. The molecule has 0 saturated carbocycles. The monoisotopic (exact) mass is 442 g/mol. The number of hydrogen-bond donors (Lipinski definition) is 3. The van der Waals surface area contributed by atoms with Crippen molar-refractivity contribution in [3.05, 3.63) is 59.5 Å². The molecule has 3 N–H and O–H groups in total. The van der Waals surface area contributed by atoms with Crippen molar-refractivity contribution in [1.29, 1.82) is 0 Å². The summed E-state index contributed by atoms with van der Waals surface area (Å²) in [6.45, 7) is 4.98. The van der Waals surface area contributed by atoms with Crippen LogP contribution in [-0.4, -0.2) is 51.9 Å². The number of nitrogens with zero attached hydrogens (tertiary/aromatic N) is 1. The van der Waals surface area contributed by atoms with Crippen LogP contribution < -0.4 is 16.0 Å². The molecule has 8 heteroatoms. The van der Waals surface area contributed by atoms with Crippen LogP contribution in [0, 0.1) is 5.92 Å². The molecular formula is C24H34N4O4. The summed E-state index contributed by atoms with van der Waals surface area (Å²) >= 11 is 0. The van der Waals surface area contributed by atoms with Gasteiger partial charge in [0.05, 0.1) is 12.8 Å².